The lowest BCUT2D eigenvalue weighted by Crippen LogP contribution is -2.45. The number of hydrogen-bond acceptors (Lipinski definition) is 7. The Balaban J connectivity index is 1.33. The Morgan fingerprint density at radius 2 is 1.79 bits per heavy atom. The molecule has 9 nitrogen and oxygen atoms in total. The standard InChI is InChI=1S/C22H23N3O6S2/c26-21-20(22(27)25-9-3-1-2-4-10-25)32-19-8-6-15(12-16(19)23-21)33(28,29)24-14-5-7-17-18(11-14)31-13-30-17/h5-8,11-12,20,24H,1-4,9-10,13H2,(H,23,26)/t20-/m1/s1. The maximum absolute atomic E-state index is 13.0. The number of carbonyl (C=O) groups excluding carboxylic acids is 2. The molecule has 2 N–H and O–H groups in total. The SMILES string of the molecule is O=C1Nc2cc(S(=O)(=O)Nc3ccc4c(c3)OCO4)ccc2S[C@H]1C(=O)N1CCCCCC1. The highest BCUT2D eigenvalue weighted by Gasteiger charge is 2.36. The molecule has 0 spiro atoms. The van der Waals surface area contributed by atoms with Crippen molar-refractivity contribution < 1.29 is 27.5 Å². The number of thioether (sulfide) groups is 1. The average molecular weight is 490 g/mol. The summed E-state index contributed by atoms with van der Waals surface area (Å²) in [6, 6.07) is 9.26. The molecule has 1 atom stereocenters. The molecule has 3 aliphatic rings. The lowest BCUT2D eigenvalue weighted by atomic mass is 10.2. The first kappa shape index (κ1) is 21.9. The third kappa shape index (κ3) is 4.47. The largest absolute Gasteiger partial charge is 0.454 e. The van der Waals surface area contributed by atoms with Crippen LogP contribution >= 0.6 is 11.8 Å². The predicted octanol–water partition coefficient (Wildman–Crippen LogP) is 3.03. The highest BCUT2D eigenvalue weighted by atomic mass is 32.2. The molecule has 0 bridgehead atoms. The van der Waals surface area contributed by atoms with E-state index in [9.17, 15) is 18.0 Å². The van der Waals surface area contributed by atoms with Crippen LogP contribution in [0.2, 0.25) is 0 Å². The van der Waals surface area contributed by atoms with E-state index in [1.54, 1.807) is 29.2 Å². The molecule has 174 valence electrons. The summed E-state index contributed by atoms with van der Waals surface area (Å²) in [5.41, 5.74) is 0.706. The number of carbonyl (C=O) groups is 2. The van der Waals surface area contributed by atoms with E-state index >= 15 is 0 Å². The van der Waals surface area contributed by atoms with Crippen molar-refractivity contribution >= 4 is 45.0 Å². The summed E-state index contributed by atoms with van der Waals surface area (Å²) in [4.78, 5) is 28.1. The summed E-state index contributed by atoms with van der Waals surface area (Å²) in [7, 11) is -3.91. The number of sulfonamides is 1. The minimum Gasteiger partial charge on any atom is -0.454 e. The van der Waals surface area contributed by atoms with Crippen LogP contribution < -0.4 is 19.5 Å². The van der Waals surface area contributed by atoms with Gasteiger partial charge in [0.15, 0.2) is 16.7 Å². The van der Waals surface area contributed by atoms with E-state index in [0.29, 0.717) is 40.9 Å². The summed E-state index contributed by atoms with van der Waals surface area (Å²) in [5.74, 6) is 0.395. The van der Waals surface area contributed by atoms with Crippen LogP contribution in [0, 0.1) is 0 Å². The Morgan fingerprint density at radius 1 is 1.03 bits per heavy atom. The van der Waals surface area contributed by atoms with Gasteiger partial charge in [-0.05, 0) is 43.2 Å². The number of hydrogen-bond donors (Lipinski definition) is 2. The molecule has 0 saturated carbocycles. The zero-order valence-corrected chi connectivity index (χ0v) is 19.3. The quantitative estimate of drug-likeness (QED) is 0.635. The molecular formula is C22H23N3O6S2. The maximum atomic E-state index is 13.0. The van der Waals surface area contributed by atoms with Gasteiger partial charge in [-0.25, -0.2) is 8.42 Å². The van der Waals surface area contributed by atoms with Crippen molar-refractivity contribution in [2.75, 3.05) is 29.9 Å². The minimum atomic E-state index is -3.91. The van der Waals surface area contributed by atoms with E-state index in [-0.39, 0.29) is 17.6 Å². The molecule has 3 heterocycles. The summed E-state index contributed by atoms with van der Waals surface area (Å²) in [6.07, 6.45) is 4.07. The monoisotopic (exact) mass is 489 g/mol. The Hall–Kier alpha value is -2.92. The van der Waals surface area contributed by atoms with Crippen molar-refractivity contribution in [1.82, 2.24) is 4.90 Å². The van der Waals surface area contributed by atoms with Crippen LogP contribution in [0.5, 0.6) is 11.5 Å². The smallest absolute Gasteiger partial charge is 0.261 e. The number of fused-ring (bicyclic) bond motifs is 2. The fourth-order valence-corrected chi connectivity index (χ4v) is 6.18. The highest BCUT2D eigenvalue weighted by molar-refractivity contribution is 8.01. The lowest BCUT2D eigenvalue weighted by Gasteiger charge is -2.28. The molecule has 2 amide bonds. The number of nitrogens with zero attached hydrogens (tertiary/aromatic N) is 1. The molecular weight excluding hydrogens is 466 g/mol. The van der Waals surface area contributed by atoms with E-state index in [4.69, 9.17) is 9.47 Å². The molecule has 5 rings (SSSR count). The number of anilines is 2. The van der Waals surface area contributed by atoms with Crippen molar-refractivity contribution in [2.45, 2.75) is 40.7 Å². The maximum Gasteiger partial charge on any atom is 0.261 e. The number of nitrogens with one attached hydrogen (secondary N) is 2. The van der Waals surface area contributed by atoms with E-state index in [1.165, 1.54) is 12.1 Å². The summed E-state index contributed by atoms with van der Waals surface area (Å²) >= 11 is 1.16. The van der Waals surface area contributed by atoms with Gasteiger partial charge in [0, 0.05) is 24.1 Å². The summed E-state index contributed by atoms with van der Waals surface area (Å²) in [5, 5.41) is 1.85. The topological polar surface area (TPSA) is 114 Å². The molecule has 2 aromatic rings. The normalized spacial score (nSPS) is 19.9. The minimum absolute atomic E-state index is 0.00267. The highest BCUT2D eigenvalue weighted by Crippen LogP contribution is 2.39. The van der Waals surface area contributed by atoms with Crippen molar-refractivity contribution in [3.05, 3.63) is 36.4 Å². The van der Waals surface area contributed by atoms with Crippen LogP contribution in [-0.2, 0) is 19.6 Å². The zero-order valence-electron chi connectivity index (χ0n) is 17.7. The molecule has 3 aliphatic heterocycles. The van der Waals surface area contributed by atoms with Gasteiger partial charge in [0.05, 0.1) is 16.3 Å². The number of rotatable bonds is 4. The first-order valence-electron chi connectivity index (χ1n) is 10.7. The van der Waals surface area contributed by atoms with E-state index in [0.717, 1.165) is 37.4 Å². The molecule has 1 fully saturated rings. The Morgan fingerprint density at radius 3 is 2.58 bits per heavy atom. The number of amides is 2. The second-order valence-electron chi connectivity index (χ2n) is 8.06. The van der Waals surface area contributed by atoms with Crippen LogP contribution in [0.1, 0.15) is 25.7 Å². The van der Waals surface area contributed by atoms with Gasteiger partial charge >= 0.3 is 0 Å². The third-order valence-electron chi connectivity index (χ3n) is 5.77. The van der Waals surface area contributed by atoms with Crippen molar-refractivity contribution in [3.63, 3.8) is 0 Å². The van der Waals surface area contributed by atoms with Gasteiger partial charge < -0.3 is 19.7 Å². The van der Waals surface area contributed by atoms with Crippen molar-refractivity contribution in [1.29, 1.82) is 0 Å². The summed E-state index contributed by atoms with van der Waals surface area (Å²) in [6.45, 7) is 1.42. The van der Waals surface area contributed by atoms with Gasteiger partial charge in [-0.1, -0.05) is 12.8 Å². The van der Waals surface area contributed by atoms with Gasteiger partial charge in [-0.2, -0.15) is 0 Å². The fourth-order valence-electron chi connectivity index (χ4n) is 4.05. The van der Waals surface area contributed by atoms with Crippen molar-refractivity contribution in [2.24, 2.45) is 0 Å². The van der Waals surface area contributed by atoms with E-state index < -0.39 is 21.2 Å². The molecule has 0 aromatic heterocycles. The number of likely N-dealkylation sites (tertiary alicyclic amines) is 1. The molecule has 2 aromatic carbocycles. The fraction of sp³-hybridized carbons (Fsp3) is 0.364. The van der Waals surface area contributed by atoms with Gasteiger partial charge in [-0.3, -0.25) is 14.3 Å². The Labute approximate surface area is 195 Å². The second-order valence-corrected chi connectivity index (χ2v) is 10.9. The Bertz CT molecular complexity index is 1210. The van der Waals surface area contributed by atoms with Gasteiger partial charge in [0.25, 0.3) is 10.0 Å². The lowest BCUT2D eigenvalue weighted by molar-refractivity contribution is -0.133. The second kappa shape index (κ2) is 8.79. The molecule has 1 saturated heterocycles. The van der Waals surface area contributed by atoms with Gasteiger partial charge in [0.1, 0.15) is 0 Å². The van der Waals surface area contributed by atoms with Crippen LogP contribution in [0.3, 0.4) is 0 Å². The third-order valence-corrected chi connectivity index (χ3v) is 8.41. The first-order valence-corrected chi connectivity index (χ1v) is 13.1. The first-order chi connectivity index (χ1) is 15.9. The predicted molar refractivity (Wildman–Crippen MR) is 123 cm³/mol. The number of benzene rings is 2. The zero-order chi connectivity index (χ0) is 23.0. The molecule has 11 heteroatoms. The summed E-state index contributed by atoms with van der Waals surface area (Å²) < 4.78 is 38.9. The molecule has 33 heavy (non-hydrogen) atoms. The molecule has 0 radical (unpaired) electrons. The van der Waals surface area contributed by atoms with E-state index in [1.807, 2.05) is 0 Å². The Kier molecular flexibility index (Phi) is 5.83. The van der Waals surface area contributed by atoms with Gasteiger partial charge in [-0.15, -0.1) is 11.8 Å². The van der Waals surface area contributed by atoms with Crippen LogP contribution in [0.25, 0.3) is 0 Å². The average Bonchev–Trinajstić information content (AvgIpc) is 3.09. The van der Waals surface area contributed by atoms with Crippen LogP contribution in [-0.4, -0.2) is 50.3 Å². The van der Waals surface area contributed by atoms with E-state index in [2.05, 4.69) is 10.0 Å². The van der Waals surface area contributed by atoms with Crippen molar-refractivity contribution in [3.8, 4) is 11.5 Å². The van der Waals surface area contributed by atoms with Gasteiger partial charge in [0.2, 0.25) is 18.6 Å². The number of ether oxygens (including phenoxy) is 2. The van der Waals surface area contributed by atoms with Crippen LogP contribution in [0.15, 0.2) is 46.2 Å². The van der Waals surface area contributed by atoms with Crippen LogP contribution in [0.4, 0.5) is 11.4 Å². The molecule has 0 unspecified atom stereocenters. The molecule has 0 aliphatic carbocycles.